The van der Waals surface area contributed by atoms with Crippen molar-refractivity contribution in [3.8, 4) is 5.75 Å². The second-order valence-corrected chi connectivity index (χ2v) is 4.94. The fourth-order valence-electron chi connectivity index (χ4n) is 2.36. The zero-order valence-electron chi connectivity index (χ0n) is 9.05. The van der Waals surface area contributed by atoms with Crippen molar-refractivity contribution in [2.45, 2.75) is 38.1 Å². The maximum Gasteiger partial charge on any atom is 0.138 e. The highest BCUT2D eigenvalue weighted by molar-refractivity contribution is 6.32. The molecule has 1 aromatic carbocycles. The first-order valence-corrected chi connectivity index (χ1v) is 5.61. The van der Waals surface area contributed by atoms with E-state index in [1.54, 1.807) is 6.07 Å². The van der Waals surface area contributed by atoms with Gasteiger partial charge in [0.1, 0.15) is 5.75 Å². The van der Waals surface area contributed by atoms with E-state index < -0.39 is 0 Å². The second-order valence-electron chi connectivity index (χ2n) is 4.53. The van der Waals surface area contributed by atoms with Crippen LogP contribution in [0.4, 0.5) is 0 Å². The van der Waals surface area contributed by atoms with Gasteiger partial charge in [-0.05, 0) is 38.3 Å². The lowest BCUT2D eigenvalue weighted by atomic mass is 9.86. The third-order valence-electron chi connectivity index (χ3n) is 3.50. The Morgan fingerprint density at radius 2 is 2.07 bits per heavy atom. The van der Waals surface area contributed by atoms with E-state index >= 15 is 0 Å². The second kappa shape index (κ2) is 3.39. The van der Waals surface area contributed by atoms with Crippen LogP contribution < -0.4 is 5.73 Å². The quantitative estimate of drug-likeness (QED) is 0.813. The lowest BCUT2D eigenvalue weighted by Crippen LogP contribution is -2.32. The molecule has 0 bridgehead atoms. The predicted molar refractivity (Wildman–Crippen MR) is 62.4 cm³/mol. The number of phenolic OH excluding ortho intramolecular Hbond substituents is 1. The Bertz CT molecular complexity index is 397. The zero-order valence-corrected chi connectivity index (χ0v) is 9.80. The van der Waals surface area contributed by atoms with Gasteiger partial charge in [-0.25, -0.2) is 0 Å². The summed E-state index contributed by atoms with van der Waals surface area (Å²) in [6, 6.07) is 3.73. The third kappa shape index (κ3) is 1.52. The van der Waals surface area contributed by atoms with Gasteiger partial charge in [-0.15, -0.1) is 0 Å². The SMILES string of the molecule is Cc1ccc(Cl)c(O)c1C1(C(C)N)CC1. The normalized spacial score (nSPS) is 20.0. The molecular formula is C12H16ClNO. The highest BCUT2D eigenvalue weighted by atomic mass is 35.5. The van der Waals surface area contributed by atoms with Gasteiger partial charge in [-0.3, -0.25) is 0 Å². The molecule has 15 heavy (non-hydrogen) atoms. The number of aromatic hydroxyl groups is 1. The number of hydrogen-bond donors (Lipinski definition) is 2. The summed E-state index contributed by atoms with van der Waals surface area (Å²) >= 11 is 5.93. The van der Waals surface area contributed by atoms with Crippen LogP contribution in [0.3, 0.4) is 0 Å². The average Bonchev–Trinajstić information content (AvgIpc) is 2.93. The van der Waals surface area contributed by atoms with Gasteiger partial charge >= 0.3 is 0 Å². The van der Waals surface area contributed by atoms with E-state index in [0.717, 1.165) is 24.0 Å². The first kappa shape index (κ1) is 10.8. The van der Waals surface area contributed by atoms with Crippen molar-refractivity contribution in [1.82, 2.24) is 0 Å². The monoisotopic (exact) mass is 225 g/mol. The van der Waals surface area contributed by atoms with Crippen LogP contribution in [0.15, 0.2) is 12.1 Å². The maximum atomic E-state index is 10.0. The highest BCUT2D eigenvalue weighted by Gasteiger charge is 2.50. The number of phenols is 1. The Labute approximate surface area is 95.1 Å². The predicted octanol–water partition coefficient (Wildman–Crippen LogP) is 2.73. The van der Waals surface area contributed by atoms with Crippen molar-refractivity contribution < 1.29 is 5.11 Å². The third-order valence-corrected chi connectivity index (χ3v) is 3.80. The van der Waals surface area contributed by atoms with Crippen LogP contribution in [0.1, 0.15) is 30.9 Å². The van der Waals surface area contributed by atoms with Crippen LogP contribution in [0, 0.1) is 6.92 Å². The van der Waals surface area contributed by atoms with E-state index in [9.17, 15) is 5.11 Å². The van der Waals surface area contributed by atoms with Crippen LogP contribution in [0.5, 0.6) is 5.75 Å². The Balaban J connectivity index is 2.57. The standard InChI is InChI=1S/C12H16ClNO/c1-7-3-4-9(13)11(15)10(7)12(5-6-12)8(2)14/h3-4,8,15H,5-6,14H2,1-2H3. The Kier molecular flexibility index (Phi) is 2.44. The molecule has 0 heterocycles. The van der Waals surface area contributed by atoms with Crippen LogP contribution >= 0.6 is 11.6 Å². The maximum absolute atomic E-state index is 10.0. The van der Waals surface area contributed by atoms with E-state index in [2.05, 4.69) is 0 Å². The summed E-state index contributed by atoms with van der Waals surface area (Å²) in [5, 5.41) is 10.4. The molecule has 0 aromatic heterocycles. The van der Waals surface area contributed by atoms with Gasteiger partial charge < -0.3 is 10.8 Å². The summed E-state index contributed by atoms with van der Waals surface area (Å²) < 4.78 is 0. The summed E-state index contributed by atoms with van der Waals surface area (Å²) in [5.74, 6) is 0.214. The summed E-state index contributed by atoms with van der Waals surface area (Å²) in [6.45, 7) is 3.99. The Morgan fingerprint density at radius 1 is 1.47 bits per heavy atom. The highest BCUT2D eigenvalue weighted by Crippen LogP contribution is 2.55. The number of halogens is 1. The number of nitrogens with two attached hydrogens (primary N) is 1. The molecule has 0 spiro atoms. The topological polar surface area (TPSA) is 46.2 Å². The molecule has 0 saturated heterocycles. The summed E-state index contributed by atoms with van der Waals surface area (Å²) in [6.07, 6.45) is 2.08. The number of rotatable bonds is 2. The van der Waals surface area contributed by atoms with Crippen LogP contribution in [0.25, 0.3) is 0 Å². The molecule has 2 rings (SSSR count). The molecule has 1 fully saturated rings. The number of hydrogen-bond acceptors (Lipinski definition) is 2. The van der Waals surface area contributed by atoms with Crippen molar-refractivity contribution >= 4 is 11.6 Å². The fourth-order valence-corrected chi connectivity index (χ4v) is 2.52. The molecule has 1 saturated carbocycles. The molecule has 3 heteroatoms. The molecule has 1 aliphatic carbocycles. The van der Waals surface area contributed by atoms with Gasteiger partial charge in [-0.1, -0.05) is 17.7 Å². The summed E-state index contributed by atoms with van der Waals surface area (Å²) in [4.78, 5) is 0. The Morgan fingerprint density at radius 3 is 2.53 bits per heavy atom. The molecule has 0 radical (unpaired) electrons. The van der Waals surface area contributed by atoms with Gasteiger partial charge in [0.15, 0.2) is 0 Å². The molecule has 1 aromatic rings. The molecule has 1 aliphatic rings. The van der Waals surface area contributed by atoms with Gasteiger partial charge in [0.25, 0.3) is 0 Å². The van der Waals surface area contributed by atoms with Crippen molar-refractivity contribution in [2.24, 2.45) is 5.73 Å². The van der Waals surface area contributed by atoms with E-state index in [0.29, 0.717) is 5.02 Å². The van der Waals surface area contributed by atoms with Crippen molar-refractivity contribution in [3.63, 3.8) is 0 Å². The minimum Gasteiger partial charge on any atom is -0.506 e. The summed E-state index contributed by atoms with van der Waals surface area (Å²) in [7, 11) is 0. The number of benzene rings is 1. The number of aryl methyl sites for hydroxylation is 1. The minimum atomic E-state index is -0.0426. The van der Waals surface area contributed by atoms with Crippen LogP contribution in [0.2, 0.25) is 5.02 Å². The van der Waals surface area contributed by atoms with Crippen molar-refractivity contribution in [3.05, 3.63) is 28.3 Å². The van der Waals surface area contributed by atoms with Crippen molar-refractivity contribution in [2.75, 3.05) is 0 Å². The first-order valence-electron chi connectivity index (χ1n) is 5.23. The first-order chi connectivity index (χ1) is 6.99. The Hall–Kier alpha value is -0.730. The van der Waals surface area contributed by atoms with Gasteiger partial charge in [0.05, 0.1) is 5.02 Å². The van der Waals surface area contributed by atoms with E-state index in [1.807, 2.05) is 19.9 Å². The molecule has 82 valence electrons. The molecule has 0 amide bonds. The molecule has 1 unspecified atom stereocenters. The molecule has 2 nitrogen and oxygen atoms in total. The van der Waals surface area contributed by atoms with E-state index in [1.165, 1.54) is 0 Å². The smallest absolute Gasteiger partial charge is 0.138 e. The van der Waals surface area contributed by atoms with Gasteiger partial charge in [-0.2, -0.15) is 0 Å². The molecule has 0 aliphatic heterocycles. The van der Waals surface area contributed by atoms with Crippen molar-refractivity contribution in [1.29, 1.82) is 0 Å². The molecule has 3 N–H and O–H groups in total. The summed E-state index contributed by atoms with van der Waals surface area (Å²) in [5.41, 5.74) is 7.98. The van der Waals surface area contributed by atoms with Crippen LogP contribution in [-0.4, -0.2) is 11.1 Å². The average molecular weight is 226 g/mol. The van der Waals surface area contributed by atoms with Gasteiger partial charge in [0, 0.05) is 17.0 Å². The lowest BCUT2D eigenvalue weighted by Gasteiger charge is -2.23. The van der Waals surface area contributed by atoms with Crippen LogP contribution in [-0.2, 0) is 5.41 Å². The minimum absolute atomic E-state index is 0.0426. The van der Waals surface area contributed by atoms with Gasteiger partial charge in [0.2, 0.25) is 0 Å². The largest absolute Gasteiger partial charge is 0.506 e. The molecule has 1 atom stereocenters. The van der Waals surface area contributed by atoms with E-state index in [4.69, 9.17) is 17.3 Å². The zero-order chi connectivity index (χ0) is 11.2. The van der Waals surface area contributed by atoms with E-state index in [-0.39, 0.29) is 17.2 Å². The lowest BCUT2D eigenvalue weighted by molar-refractivity contribution is 0.445. The molecular weight excluding hydrogens is 210 g/mol. The fraction of sp³-hybridized carbons (Fsp3) is 0.500.